The highest BCUT2D eigenvalue weighted by Gasteiger charge is 2.27. The van der Waals surface area contributed by atoms with E-state index in [0.29, 0.717) is 17.3 Å². The first-order valence-corrected chi connectivity index (χ1v) is 12.0. The lowest BCUT2D eigenvalue weighted by Gasteiger charge is -2.23. The average molecular weight is 483 g/mol. The fraction of sp³-hybridized carbons (Fsp3) is 0.381. The normalized spacial score (nSPS) is 11.4. The molecule has 0 atom stereocenters. The standard InChI is InChI=1S/C21H27ClN4O5S/c1-5-24(14-21(27)23-18-12-16(22)9-8-15(18)4)19-11-10-17(13-20(19)26(28)29)32(30,31)25(6-2)7-3/h8-13H,5-7,14H2,1-4H3,(H,23,27). The minimum absolute atomic E-state index is 0.160. The molecule has 0 spiro atoms. The molecule has 0 radical (unpaired) electrons. The third-order valence-corrected chi connectivity index (χ3v) is 7.30. The van der Waals surface area contributed by atoms with Crippen molar-refractivity contribution in [1.29, 1.82) is 0 Å². The lowest BCUT2D eigenvalue weighted by molar-refractivity contribution is -0.384. The highest BCUT2D eigenvalue weighted by molar-refractivity contribution is 7.89. The van der Waals surface area contributed by atoms with Crippen LogP contribution in [0.2, 0.25) is 5.02 Å². The maximum atomic E-state index is 12.8. The summed E-state index contributed by atoms with van der Waals surface area (Å²) >= 11 is 5.99. The van der Waals surface area contributed by atoms with E-state index in [-0.39, 0.29) is 41.8 Å². The van der Waals surface area contributed by atoms with Gasteiger partial charge in [-0.05, 0) is 43.7 Å². The van der Waals surface area contributed by atoms with Crippen molar-refractivity contribution in [3.63, 3.8) is 0 Å². The molecule has 174 valence electrons. The second-order valence-electron chi connectivity index (χ2n) is 7.02. The summed E-state index contributed by atoms with van der Waals surface area (Å²) in [6.07, 6.45) is 0. The second-order valence-corrected chi connectivity index (χ2v) is 9.39. The van der Waals surface area contributed by atoms with E-state index >= 15 is 0 Å². The SMILES string of the molecule is CCN(CC(=O)Nc1cc(Cl)ccc1C)c1ccc(S(=O)(=O)N(CC)CC)cc1[N+](=O)[O-]. The van der Waals surface area contributed by atoms with E-state index in [0.717, 1.165) is 11.6 Å². The Morgan fingerprint density at radius 2 is 1.75 bits per heavy atom. The van der Waals surface area contributed by atoms with Gasteiger partial charge in [0.1, 0.15) is 5.69 Å². The molecule has 11 heteroatoms. The minimum Gasteiger partial charge on any atom is -0.357 e. The van der Waals surface area contributed by atoms with Gasteiger partial charge < -0.3 is 10.2 Å². The van der Waals surface area contributed by atoms with Gasteiger partial charge >= 0.3 is 0 Å². The average Bonchev–Trinajstić information content (AvgIpc) is 2.74. The van der Waals surface area contributed by atoms with Gasteiger partial charge in [0.15, 0.2) is 0 Å². The summed E-state index contributed by atoms with van der Waals surface area (Å²) in [6.45, 7) is 7.60. The van der Waals surface area contributed by atoms with E-state index in [4.69, 9.17) is 11.6 Å². The van der Waals surface area contributed by atoms with Gasteiger partial charge in [-0.1, -0.05) is 31.5 Å². The molecular weight excluding hydrogens is 456 g/mol. The van der Waals surface area contributed by atoms with Crippen molar-refractivity contribution < 1.29 is 18.1 Å². The van der Waals surface area contributed by atoms with Crippen LogP contribution in [-0.4, -0.2) is 49.7 Å². The molecule has 0 fully saturated rings. The van der Waals surface area contributed by atoms with Gasteiger partial charge in [-0.15, -0.1) is 0 Å². The summed E-state index contributed by atoms with van der Waals surface area (Å²) < 4.78 is 26.8. The van der Waals surface area contributed by atoms with E-state index in [9.17, 15) is 23.3 Å². The van der Waals surface area contributed by atoms with Gasteiger partial charge in [0, 0.05) is 36.4 Å². The molecular formula is C21H27ClN4O5S. The van der Waals surface area contributed by atoms with Crippen LogP contribution in [0.1, 0.15) is 26.3 Å². The number of aryl methyl sites for hydroxylation is 1. The maximum absolute atomic E-state index is 12.8. The zero-order valence-corrected chi connectivity index (χ0v) is 20.0. The Labute approximate surface area is 193 Å². The Morgan fingerprint density at radius 1 is 1.09 bits per heavy atom. The molecule has 0 unspecified atom stereocenters. The fourth-order valence-corrected chi connectivity index (χ4v) is 4.90. The molecule has 1 N–H and O–H groups in total. The van der Waals surface area contributed by atoms with Crippen LogP contribution in [0, 0.1) is 17.0 Å². The number of benzene rings is 2. The monoisotopic (exact) mass is 482 g/mol. The number of halogens is 1. The molecule has 0 saturated heterocycles. The molecule has 9 nitrogen and oxygen atoms in total. The summed E-state index contributed by atoms with van der Waals surface area (Å²) in [4.78, 5) is 25.1. The molecule has 0 bridgehead atoms. The number of nitrogens with one attached hydrogen (secondary N) is 1. The molecule has 0 saturated carbocycles. The van der Waals surface area contributed by atoms with E-state index < -0.39 is 14.9 Å². The summed E-state index contributed by atoms with van der Waals surface area (Å²) in [5.41, 5.74) is 1.15. The molecule has 0 aromatic heterocycles. The van der Waals surface area contributed by atoms with Crippen molar-refractivity contribution in [1.82, 2.24) is 4.31 Å². The summed E-state index contributed by atoms with van der Waals surface area (Å²) in [7, 11) is -3.86. The number of likely N-dealkylation sites (N-methyl/N-ethyl adjacent to an activating group) is 1. The Hall–Kier alpha value is -2.69. The number of nitro benzene ring substituents is 1. The fourth-order valence-electron chi connectivity index (χ4n) is 3.25. The van der Waals surface area contributed by atoms with Crippen LogP contribution in [0.5, 0.6) is 0 Å². The van der Waals surface area contributed by atoms with Gasteiger partial charge in [0.05, 0.1) is 16.4 Å². The number of amides is 1. The predicted octanol–water partition coefficient (Wildman–Crippen LogP) is 4.05. The van der Waals surface area contributed by atoms with Crippen molar-refractivity contribution in [3.05, 3.63) is 57.1 Å². The topological polar surface area (TPSA) is 113 Å². The zero-order chi connectivity index (χ0) is 24.1. The minimum atomic E-state index is -3.86. The summed E-state index contributed by atoms with van der Waals surface area (Å²) in [6, 6.07) is 8.86. The first kappa shape index (κ1) is 25.6. The van der Waals surface area contributed by atoms with Gasteiger partial charge in [-0.3, -0.25) is 14.9 Å². The Balaban J connectivity index is 2.36. The van der Waals surface area contributed by atoms with Crippen LogP contribution < -0.4 is 10.2 Å². The van der Waals surface area contributed by atoms with E-state index in [2.05, 4.69) is 5.32 Å². The van der Waals surface area contributed by atoms with E-state index in [1.807, 2.05) is 6.92 Å². The predicted molar refractivity (Wildman–Crippen MR) is 126 cm³/mol. The second kappa shape index (κ2) is 10.8. The first-order valence-electron chi connectivity index (χ1n) is 10.1. The molecule has 2 aromatic rings. The van der Waals surface area contributed by atoms with Gasteiger partial charge in [0.25, 0.3) is 5.69 Å². The van der Waals surface area contributed by atoms with Crippen LogP contribution in [0.15, 0.2) is 41.3 Å². The number of anilines is 2. The highest BCUT2D eigenvalue weighted by atomic mass is 35.5. The van der Waals surface area contributed by atoms with E-state index in [1.165, 1.54) is 21.3 Å². The largest absolute Gasteiger partial charge is 0.357 e. The highest BCUT2D eigenvalue weighted by Crippen LogP contribution is 2.32. The van der Waals surface area contributed by atoms with E-state index in [1.54, 1.807) is 39.0 Å². The number of carbonyl (C=O) groups is 1. The van der Waals surface area contributed by atoms with Gasteiger partial charge in [0.2, 0.25) is 15.9 Å². The number of hydrogen-bond donors (Lipinski definition) is 1. The summed E-state index contributed by atoms with van der Waals surface area (Å²) in [5.74, 6) is -0.383. The molecule has 0 aliphatic carbocycles. The molecule has 32 heavy (non-hydrogen) atoms. The van der Waals surface area contributed by atoms with Crippen molar-refractivity contribution in [2.75, 3.05) is 36.4 Å². The van der Waals surface area contributed by atoms with Crippen molar-refractivity contribution in [3.8, 4) is 0 Å². The number of nitro groups is 1. The molecule has 2 aromatic carbocycles. The zero-order valence-electron chi connectivity index (χ0n) is 18.5. The quantitative estimate of drug-likeness (QED) is 0.403. The third-order valence-electron chi connectivity index (χ3n) is 5.02. The van der Waals surface area contributed by atoms with Crippen LogP contribution in [0.4, 0.5) is 17.1 Å². The number of hydrogen-bond acceptors (Lipinski definition) is 6. The molecule has 0 aliphatic heterocycles. The third kappa shape index (κ3) is 5.76. The lowest BCUT2D eigenvalue weighted by atomic mass is 10.2. The summed E-state index contributed by atoms with van der Waals surface area (Å²) in [5, 5.41) is 15.0. The van der Waals surface area contributed by atoms with Crippen LogP contribution in [0.25, 0.3) is 0 Å². The van der Waals surface area contributed by atoms with Crippen molar-refractivity contribution >= 4 is 44.6 Å². The van der Waals surface area contributed by atoms with Gasteiger partial charge in [-0.25, -0.2) is 8.42 Å². The number of carbonyl (C=O) groups excluding carboxylic acids is 1. The Morgan fingerprint density at radius 3 is 2.31 bits per heavy atom. The number of rotatable bonds is 10. The lowest BCUT2D eigenvalue weighted by Crippen LogP contribution is -2.34. The van der Waals surface area contributed by atoms with Crippen molar-refractivity contribution in [2.24, 2.45) is 0 Å². The Bertz CT molecular complexity index is 1100. The molecule has 2 rings (SSSR count). The van der Waals surface area contributed by atoms with Crippen LogP contribution in [0.3, 0.4) is 0 Å². The number of sulfonamides is 1. The maximum Gasteiger partial charge on any atom is 0.293 e. The first-order chi connectivity index (χ1) is 15.0. The van der Waals surface area contributed by atoms with Crippen LogP contribution >= 0.6 is 11.6 Å². The van der Waals surface area contributed by atoms with Gasteiger partial charge in [-0.2, -0.15) is 4.31 Å². The Kier molecular flexibility index (Phi) is 8.59. The molecule has 0 heterocycles. The number of nitrogens with zero attached hydrogens (tertiary/aromatic N) is 3. The van der Waals surface area contributed by atoms with Crippen LogP contribution in [-0.2, 0) is 14.8 Å². The molecule has 1 amide bonds. The molecule has 0 aliphatic rings. The smallest absolute Gasteiger partial charge is 0.293 e. The van der Waals surface area contributed by atoms with Crippen molar-refractivity contribution in [2.45, 2.75) is 32.6 Å².